The molecular formula is C12H20N2O4S2. The van der Waals surface area contributed by atoms with E-state index in [0.717, 1.165) is 5.69 Å². The molecule has 0 amide bonds. The molecule has 0 aliphatic rings. The Labute approximate surface area is 123 Å². The quantitative estimate of drug-likeness (QED) is 0.728. The number of anilines is 1. The molecule has 2 N–H and O–H groups in total. The summed E-state index contributed by atoms with van der Waals surface area (Å²) in [6.07, 6.45) is 1.73. The Morgan fingerprint density at radius 2 is 2.20 bits per heavy atom. The topological polar surface area (TPSA) is 96.4 Å². The summed E-state index contributed by atoms with van der Waals surface area (Å²) >= 11 is 1.22. The van der Waals surface area contributed by atoms with E-state index < -0.39 is 16.0 Å². The van der Waals surface area contributed by atoms with E-state index in [-0.39, 0.29) is 12.2 Å². The minimum Gasteiger partial charge on any atom is -0.481 e. The summed E-state index contributed by atoms with van der Waals surface area (Å²) in [6.45, 7) is 3.94. The minimum absolute atomic E-state index is 0.0819. The van der Waals surface area contributed by atoms with Gasteiger partial charge in [0.15, 0.2) is 5.13 Å². The number of aliphatic carboxylic acids is 1. The summed E-state index contributed by atoms with van der Waals surface area (Å²) in [7, 11) is -3.35. The molecule has 0 atom stereocenters. The second-order valence-electron chi connectivity index (χ2n) is 4.99. The molecule has 1 heterocycles. The lowest BCUT2D eigenvalue weighted by atomic mass is 10.2. The van der Waals surface area contributed by atoms with Crippen molar-refractivity contribution in [3.05, 3.63) is 11.1 Å². The van der Waals surface area contributed by atoms with E-state index in [0.29, 0.717) is 30.3 Å². The van der Waals surface area contributed by atoms with Crippen molar-refractivity contribution in [1.29, 1.82) is 0 Å². The van der Waals surface area contributed by atoms with Gasteiger partial charge in [0.1, 0.15) is 0 Å². The summed E-state index contributed by atoms with van der Waals surface area (Å²) in [6, 6.07) is 0. The molecule has 0 spiro atoms. The van der Waals surface area contributed by atoms with E-state index >= 15 is 0 Å². The zero-order chi connectivity index (χ0) is 15.2. The van der Waals surface area contributed by atoms with Crippen LogP contribution in [0.15, 0.2) is 5.38 Å². The third-order valence-corrected chi connectivity index (χ3v) is 4.80. The highest BCUT2D eigenvalue weighted by Crippen LogP contribution is 2.19. The largest absolute Gasteiger partial charge is 0.481 e. The van der Waals surface area contributed by atoms with Crippen LogP contribution in [0.3, 0.4) is 0 Å². The van der Waals surface area contributed by atoms with Crippen LogP contribution in [0.2, 0.25) is 0 Å². The van der Waals surface area contributed by atoms with Crippen LogP contribution in [0.5, 0.6) is 0 Å². The molecule has 0 saturated carbocycles. The third-order valence-electron chi connectivity index (χ3n) is 2.58. The van der Waals surface area contributed by atoms with Gasteiger partial charge < -0.3 is 5.11 Å². The fourth-order valence-electron chi connectivity index (χ4n) is 1.46. The standard InChI is InChI=1S/C12H20N2O4S2/c1-9(2)6-7-20(17,18)14-12-13-10(8-19-12)4-3-5-11(15)16/h8-9H,3-7H2,1-2H3,(H,13,14)(H,15,16). The maximum Gasteiger partial charge on any atom is 0.303 e. The molecule has 0 aliphatic heterocycles. The normalized spacial score (nSPS) is 11.8. The number of carboxylic acids is 1. The van der Waals surface area contributed by atoms with Crippen LogP contribution < -0.4 is 4.72 Å². The molecule has 0 fully saturated rings. The SMILES string of the molecule is CC(C)CCS(=O)(=O)Nc1nc(CCCC(=O)O)cs1. The van der Waals surface area contributed by atoms with Gasteiger partial charge in [0.05, 0.1) is 11.4 Å². The van der Waals surface area contributed by atoms with Crippen LogP contribution >= 0.6 is 11.3 Å². The highest BCUT2D eigenvalue weighted by molar-refractivity contribution is 7.92. The van der Waals surface area contributed by atoms with Gasteiger partial charge in [0.2, 0.25) is 10.0 Å². The van der Waals surface area contributed by atoms with Crippen LogP contribution in [-0.2, 0) is 21.2 Å². The van der Waals surface area contributed by atoms with Crippen molar-refractivity contribution in [3.8, 4) is 0 Å². The second kappa shape index (κ2) is 7.58. The molecule has 6 nitrogen and oxygen atoms in total. The first-order valence-corrected chi connectivity index (χ1v) is 8.98. The third kappa shape index (κ3) is 6.85. The molecule has 0 unspecified atom stereocenters. The van der Waals surface area contributed by atoms with Gasteiger partial charge in [-0.2, -0.15) is 0 Å². The molecule has 1 aromatic heterocycles. The second-order valence-corrected chi connectivity index (χ2v) is 7.69. The van der Waals surface area contributed by atoms with Gasteiger partial charge >= 0.3 is 5.97 Å². The van der Waals surface area contributed by atoms with Crippen LogP contribution in [0.25, 0.3) is 0 Å². The summed E-state index contributed by atoms with van der Waals surface area (Å²) in [5.41, 5.74) is 0.720. The number of thiazole rings is 1. The minimum atomic E-state index is -3.35. The Bertz CT molecular complexity index is 537. The molecule has 1 aromatic rings. The van der Waals surface area contributed by atoms with Gasteiger partial charge in [-0.05, 0) is 25.2 Å². The fraction of sp³-hybridized carbons (Fsp3) is 0.667. The highest BCUT2D eigenvalue weighted by Gasteiger charge is 2.13. The van der Waals surface area contributed by atoms with Gasteiger partial charge in [-0.3, -0.25) is 9.52 Å². The van der Waals surface area contributed by atoms with Crippen LogP contribution in [0.1, 0.15) is 38.8 Å². The number of nitrogens with zero attached hydrogens (tertiary/aromatic N) is 1. The van der Waals surface area contributed by atoms with Crippen molar-refractivity contribution in [1.82, 2.24) is 4.98 Å². The van der Waals surface area contributed by atoms with Gasteiger partial charge in [-0.1, -0.05) is 13.8 Å². The smallest absolute Gasteiger partial charge is 0.303 e. The Morgan fingerprint density at radius 3 is 2.80 bits per heavy atom. The maximum atomic E-state index is 11.8. The van der Waals surface area contributed by atoms with Crippen molar-refractivity contribution in [2.24, 2.45) is 5.92 Å². The van der Waals surface area contributed by atoms with Crippen molar-refractivity contribution >= 4 is 32.5 Å². The van der Waals surface area contributed by atoms with Gasteiger partial charge in [-0.15, -0.1) is 11.3 Å². The number of sulfonamides is 1. The number of hydrogen-bond donors (Lipinski definition) is 2. The molecule has 0 aromatic carbocycles. The van der Waals surface area contributed by atoms with Crippen LogP contribution in [0.4, 0.5) is 5.13 Å². The number of hydrogen-bond acceptors (Lipinski definition) is 5. The van der Waals surface area contributed by atoms with E-state index in [2.05, 4.69) is 9.71 Å². The summed E-state index contributed by atoms with van der Waals surface area (Å²) in [4.78, 5) is 14.6. The fourth-order valence-corrected chi connectivity index (χ4v) is 3.82. The first-order valence-electron chi connectivity index (χ1n) is 6.45. The molecular weight excluding hydrogens is 300 g/mol. The molecule has 0 bridgehead atoms. The zero-order valence-corrected chi connectivity index (χ0v) is 13.3. The average molecular weight is 320 g/mol. The van der Waals surface area contributed by atoms with E-state index in [1.54, 1.807) is 5.38 Å². The molecule has 20 heavy (non-hydrogen) atoms. The predicted octanol–water partition coefficient (Wildman–Crippen LogP) is 2.34. The van der Waals surface area contributed by atoms with Crippen molar-refractivity contribution in [2.75, 3.05) is 10.5 Å². The van der Waals surface area contributed by atoms with Crippen LogP contribution in [0, 0.1) is 5.92 Å². The summed E-state index contributed by atoms with van der Waals surface area (Å²) < 4.78 is 26.0. The first-order chi connectivity index (χ1) is 9.28. The molecule has 0 radical (unpaired) electrons. The van der Waals surface area contributed by atoms with Crippen molar-refractivity contribution in [3.63, 3.8) is 0 Å². The van der Waals surface area contributed by atoms with Crippen molar-refractivity contribution < 1.29 is 18.3 Å². The Balaban J connectivity index is 2.48. The molecule has 114 valence electrons. The number of aromatic nitrogens is 1. The number of carbonyl (C=O) groups is 1. The first kappa shape index (κ1) is 16.9. The van der Waals surface area contributed by atoms with Crippen molar-refractivity contribution in [2.45, 2.75) is 39.5 Å². The Hall–Kier alpha value is -1.15. The predicted molar refractivity (Wildman–Crippen MR) is 79.6 cm³/mol. The van der Waals surface area contributed by atoms with Gasteiger partial charge in [0.25, 0.3) is 0 Å². The monoisotopic (exact) mass is 320 g/mol. The van der Waals surface area contributed by atoms with Gasteiger partial charge in [0, 0.05) is 11.8 Å². The summed E-state index contributed by atoms with van der Waals surface area (Å²) in [5, 5.41) is 10.6. The number of nitrogens with one attached hydrogen (secondary N) is 1. The number of aryl methyl sites for hydroxylation is 1. The van der Waals surface area contributed by atoms with Gasteiger partial charge in [-0.25, -0.2) is 13.4 Å². The number of carboxylic acid groups (broad SMARTS) is 1. The van der Waals surface area contributed by atoms with E-state index in [1.165, 1.54) is 11.3 Å². The summed E-state index contributed by atoms with van der Waals surface area (Å²) in [5.74, 6) is -0.428. The Kier molecular flexibility index (Phi) is 6.41. The maximum absolute atomic E-state index is 11.8. The van der Waals surface area contributed by atoms with Crippen LogP contribution in [-0.4, -0.2) is 30.2 Å². The highest BCUT2D eigenvalue weighted by atomic mass is 32.2. The van der Waals surface area contributed by atoms with E-state index in [1.807, 2.05) is 13.8 Å². The Morgan fingerprint density at radius 1 is 1.50 bits per heavy atom. The lowest BCUT2D eigenvalue weighted by molar-refractivity contribution is -0.137. The molecule has 0 aliphatic carbocycles. The lowest BCUT2D eigenvalue weighted by Crippen LogP contribution is -2.17. The van der Waals surface area contributed by atoms with E-state index in [4.69, 9.17) is 5.11 Å². The zero-order valence-electron chi connectivity index (χ0n) is 11.6. The molecule has 0 saturated heterocycles. The average Bonchev–Trinajstić information content (AvgIpc) is 2.73. The van der Waals surface area contributed by atoms with E-state index in [9.17, 15) is 13.2 Å². The number of rotatable bonds is 9. The lowest BCUT2D eigenvalue weighted by Gasteiger charge is -2.06. The molecule has 8 heteroatoms. The molecule has 1 rings (SSSR count).